The molecule has 5 nitrogen and oxygen atoms in total. The van der Waals surface area contributed by atoms with Crippen LogP contribution < -0.4 is 4.72 Å². The number of hydrogen-bond acceptors (Lipinski definition) is 4. The van der Waals surface area contributed by atoms with Crippen molar-refractivity contribution in [2.75, 3.05) is 6.54 Å². The zero-order chi connectivity index (χ0) is 15.2. The van der Waals surface area contributed by atoms with E-state index in [0.717, 1.165) is 11.3 Å². The zero-order valence-electron chi connectivity index (χ0n) is 11.5. The predicted octanol–water partition coefficient (Wildman–Crippen LogP) is 2.33. The molecule has 7 heteroatoms. The van der Waals surface area contributed by atoms with Gasteiger partial charge in [-0.05, 0) is 30.7 Å². The lowest BCUT2D eigenvalue weighted by Gasteiger charge is -2.09. The molecule has 1 unspecified atom stereocenters. The molecule has 0 saturated heterocycles. The van der Waals surface area contributed by atoms with Crippen molar-refractivity contribution >= 4 is 27.8 Å². The monoisotopic (exact) mass is 317 g/mol. The molecule has 0 heterocycles. The van der Waals surface area contributed by atoms with Gasteiger partial charge < -0.3 is 5.11 Å². The van der Waals surface area contributed by atoms with Crippen LogP contribution in [0.25, 0.3) is 0 Å². The minimum atomic E-state index is -3.44. The maximum absolute atomic E-state index is 11.9. The first-order chi connectivity index (χ1) is 9.35. The third-order valence-corrected chi connectivity index (χ3v) is 5.07. The summed E-state index contributed by atoms with van der Waals surface area (Å²) >= 11 is 1.41. The first kappa shape index (κ1) is 17.0. The number of carbonyl (C=O) groups is 1. The highest BCUT2D eigenvalue weighted by atomic mass is 32.2. The van der Waals surface area contributed by atoms with Crippen LogP contribution in [0.4, 0.5) is 0 Å². The molecule has 0 bridgehead atoms. The lowest BCUT2D eigenvalue weighted by Crippen LogP contribution is -2.24. The van der Waals surface area contributed by atoms with Crippen molar-refractivity contribution in [2.24, 2.45) is 0 Å². The number of hydrogen-bond donors (Lipinski definition) is 2. The van der Waals surface area contributed by atoms with E-state index in [2.05, 4.69) is 4.72 Å². The van der Waals surface area contributed by atoms with Gasteiger partial charge in [0.1, 0.15) is 0 Å². The smallest absolute Gasteiger partial charge is 0.304 e. The van der Waals surface area contributed by atoms with Gasteiger partial charge in [-0.15, -0.1) is 11.8 Å². The molecule has 0 radical (unpaired) electrons. The van der Waals surface area contributed by atoms with Gasteiger partial charge in [0, 0.05) is 16.7 Å². The van der Waals surface area contributed by atoms with Crippen molar-refractivity contribution in [1.82, 2.24) is 4.72 Å². The van der Waals surface area contributed by atoms with Gasteiger partial charge in [0.25, 0.3) is 0 Å². The molecular formula is C13H19NO4S2. The highest BCUT2D eigenvalue weighted by molar-refractivity contribution is 8.00. The molecule has 1 atom stereocenters. The molecule has 0 aliphatic heterocycles. The number of aliphatic carboxylic acids is 1. The quantitative estimate of drug-likeness (QED) is 0.719. The van der Waals surface area contributed by atoms with E-state index in [-0.39, 0.29) is 16.6 Å². The fraction of sp³-hybridized carbons (Fsp3) is 0.462. The van der Waals surface area contributed by atoms with Gasteiger partial charge in [-0.25, -0.2) is 13.1 Å². The second kappa shape index (κ2) is 7.66. The molecule has 0 aliphatic carbocycles. The second-order valence-electron chi connectivity index (χ2n) is 4.40. The highest BCUT2D eigenvalue weighted by Crippen LogP contribution is 2.26. The van der Waals surface area contributed by atoms with Crippen LogP contribution in [0.15, 0.2) is 34.1 Å². The summed E-state index contributed by atoms with van der Waals surface area (Å²) in [6, 6.07) is 6.47. The summed E-state index contributed by atoms with van der Waals surface area (Å²) in [5.41, 5.74) is 0. The van der Waals surface area contributed by atoms with Gasteiger partial charge >= 0.3 is 5.97 Å². The molecule has 0 aliphatic rings. The minimum Gasteiger partial charge on any atom is -0.481 e. The Labute approximate surface area is 123 Å². The molecule has 112 valence electrons. The third-order valence-electron chi connectivity index (χ3n) is 2.48. The fourth-order valence-corrected chi connectivity index (χ4v) is 3.65. The molecule has 1 aromatic rings. The van der Waals surface area contributed by atoms with E-state index in [0.29, 0.717) is 6.54 Å². The normalized spacial score (nSPS) is 13.1. The number of thioether (sulfide) groups is 1. The van der Waals surface area contributed by atoms with Crippen molar-refractivity contribution in [3.8, 4) is 0 Å². The summed E-state index contributed by atoms with van der Waals surface area (Å²) < 4.78 is 26.2. The van der Waals surface area contributed by atoms with Crippen molar-refractivity contribution in [3.63, 3.8) is 0 Å². The van der Waals surface area contributed by atoms with Crippen LogP contribution in [0.2, 0.25) is 0 Å². The first-order valence-electron chi connectivity index (χ1n) is 6.33. The van der Waals surface area contributed by atoms with Crippen LogP contribution in [0.5, 0.6) is 0 Å². The van der Waals surface area contributed by atoms with E-state index in [1.54, 1.807) is 12.1 Å². The van der Waals surface area contributed by atoms with Crippen LogP contribution in [0.1, 0.15) is 26.7 Å². The maximum atomic E-state index is 11.9. The summed E-state index contributed by atoms with van der Waals surface area (Å²) in [4.78, 5) is 11.7. The number of sulfonamides is 1. The van der Waals surface area contributed by atoms with E-state index < -0.39 is 16.0 Å². The molecule has 20 heavy (non-hydrogen) atoms. The van der Waals surface area contributed by atoms with Crippen LogP contribution in [-0.2, 0) is 14.8 Å². The first-order valence-corrected chi connectivity index (χ1v) is 8.69. The number of carboxylic acids is 1. The summed E-state index contributed by atoms with van der Waals surface area (Å²) in [6.07, 6.45) is 0.808. The average Bonchev–Trinajstić information content (AvgIpc) is 2.36. The highest BCUT2D eigenvalue weighted by Gasteiger charge is 2.14. The molecule has 1 aromatic carbocycles. The van der Waals surface area contributed by atoms with Gasteiger partial charge in [-0.2, -0.15) is 0 Å². The largest absolute Gasteiger partial charge is 0.481 e. The SMILES string of the molecule is CCCNS(=O)(=O)c1ccc(SC(C)CC(=O)O)cc1. The third kappa shape index (κ3) is 5.52. The Morgan fingerprint density at radius 3 is 2.45 bits per heavy atom. The van der Waals surface area contributed by atoms with Gasteiger partial charge in [0.05, 0.1) is 11.3 Å². The minimum absolute atomic E-state index is 0.0619. The zero-order valence-corrected chi connectivity index (χ0v) is 13.1. The number of nitrogens with one attached hydrogen (secondary N) is 1. The Balaban J connectivity index is 2.71. The summed E-state index contributed by atoms with van der Waals surface area (Å²) in [5.74, 6) is -0.840. The van der Waals surface area contributed by atoms with E-state index >= 15 is 0 Å². The topological polar surface area (TPSA) is 83.5 Å². The summed E-state index contributed by atoms with van der Waals surface area (Å²) in [6.45, 7) is 4.13. The predicted molar refractivity (Wildman–Crippen MR) is 79.5 cm³/mol. The van der Waals surface area contributed by atoms with Crippen LogP contribution >= 0.6 is 11.8 Å². The van der Waals surface area contributed by atoms with Gasteiger partial charge in [0.15, 0.2) is 0 Å². The lowest BCUT2D eigenvalue weighted by molar-refractivity contribution is -0.136. The number of benzene rings is 1. The summed E-state index contributed by atoms with van der Waals surface area (Å²) in [5, 5.41) is 8.63. The van der Waals surface area contributed by atoms with Gasteiger partial charge in [-0.3, -0.25) is 4.79 Å². The second-order valence-corrected chi connectivity index (χ2v) is 7.67. The molecule has 1 rings (SSSR count). The Morgan fingerprint density at radius 1 is 1.35 bits per heavy atom. The maximum Gasteiger partial charge on any atom is 0.304 e. The van der Waals surface area contributed by atoms with E-state index in [4.69, 9.17) is 5.11 Å². The van der Waals surface area contributed by atoms with Gasteiger partial charge in [0.2, 0.25) is 10.0 Å². The van der Waals surface area contributed by atoms with Crippen molar-refractivity contribution in [1.29, 1.82) is 0 Å². The Bertz CT molecular complexity index is 540. The molecule has 0 spiro atoms. The van der Waals surface area contributed by atoms with Gasteiger partial charge in [-0.1, -0.05) is 13.8 Å². The van der Waals surface area contributed by atoms with E-state index in [1.165, 1.54) is 23.9 Å². The average molecular weight is 317 g/mol. The number of rotatable bonds is 8. The van der Waals surface area contributed by atoms with Crippen molar-refractivity contribution in [3.05, 3.63) is 24.3 Å². The number of carboxylic acid groups (broad SMARTS) is 1. The van der Waals surface area contributed by atoms with Crippen LogP contribution in [-0.4, -0.2) is 31.3 Å². The van der Waals surface area contributed by atoms with E-state index in [1.807, 2.05) is 13.8 Å². The Kier molecular flexibility index (Phi) is 6.51. The molecule has 0 amide bonds. The summed E-state index contributed by atoms with van der Waals surface area (Å²) in [7, 11) is -3.44. The van der Waals surface area contributed by atoms with Crippen molar-refractivity contribution in [2.45, 2.75) is 41.7 Å². The molecule has 0 fully saturated rings. The molecular weight excluding hydrogens is 298 g/mol. The molecule has 2 N–H and O–H groups in total. The standard InChI is InChI=1S/C13H19NO4S2/c1-3-8-14-20(17,18)12-6-4-11(5-7-12)19-10(2)9-13(15)16/h4-7,10,14H,3,8-9H2,1-2H3,(H,15,16). The van der Waals surface area contributed by atoms with Crippen LogP contribution in [0.3, 0.4) is 0 Å². The van der Waals surface area contributed by atoms with Crippen molar-refractivity contribution < 1.29 is 18.3 Å². The lowest BCUT2D eigenvalue weighted by atomic mass is 10.3. The van der Waals surface area contributed by atoms with Crippen LogP contribution in [0, 0.1) is 0 Å². The Morgan fingerprint density at radius 2 is 1.95 bits per heavy atom. The van der Waals surface area contributed by atoms with E-state index in [9.17, 15) is 13.2 Å². The molecule has 0 aromatic heterocycles. The Hall–Kier alpha value is -1.05. The fourth-order valence-electron chi connectivity index (χ4n) is 1.54. The molecule has 0 saturated carbocycles.